The van der Waals surface area contributed by atoms with Crippen LogP contribution in [-0.2, 0) is 0 Å². The third kappa shape index (κ3) is 2.97. The standard InChI is InChI=1S/C13H15N3O6/c1-8-2-4-14(5-3-8)12-10(13(17)18)6-9(15(19)20)7-11(12)16(21)22/h6-8H,2-5H2,1H3,(H,17,18). The zero-order chi connectivity index (χ0) is 16.4. The Hall–Kier alpha value is -2.71. The molecule has 1 aromatic rings. The maximum atomic E-state index is 11.4. The lowest BCUT2D eigenvalue weighted by Gasteiger charge is -2.32. The van der Waals surface area contributed by atoms with Gasteiger partial charge >= 0.3 is 5.97 Å². The molecule has 0 saturated carbocycles. The van der Waals surface area contributed by atoms with Crippen molar-refractivity contribution in [2.45, 2.75) is 19.8 Å². The fourth-order valence-electron chi connectivity index (χ4n) is 2.58. The van der Waals surface area contributed by atoms with Crippen LogP contribution in [0.1, 0.15) is 30.1 Å². The minimum absolute atomic E-state index is 0.0463. The number of benzene rings is 1. The second-order valence-electron chi connectivity index (χ2n) is 5.35. The number of anilines is 1. The summed E-state index contributed by atoms with van der Waals surface area (Å²) in [5, 5.41) is 31.4. The van der Waals surface area contributed by atoms with E-state index in [-0.39, 0.29) is 5.69 Å². The Balaban J connectivity index is 2.61. The molecule has 1 N–H and O–H groups in total. The SMILES string of the molecule is CC1CCN(c2c(C(=O)O)cc([N+](=O)[O-])cc2[N+](=O)[O-])CC1. The summed E-state index contributed by atoms with van der Waals surface area (Å²) in [6, 6.07) is 1.70. The van der Waals surface area contributed by atoms with Gasteiger partial charge in [0.05, 0.1) is 21.5 Å². The van der Waals surface area contributed by atoms with Crippen LogP contribution in [0.25, 0.3) is 0 Å². The van der Waals surface area contributed by atoms with Gasteiger partial charge in [0.2, 0.25) is 0 Å². The van der Waals surface area contributed by atoms with E-state index in [4.69, 9.17) is 0 Å². The lowest BCUT2D eigenvalue weighted by molar-refractivity contribution is -0.393. The Morgan fingerprint density at radius 3 is 2.27 bits per heavy atom. The number of carbonyl (C=O) groups is 1. The van der Waals surface area contributed by atoms with Gasteiger partial charge in [-0.15, -0.1) is 0 Å². The maximum Gasteiger partial charge on any atom is 0.338 e. The molecule has 118 valence electrons. The predicted octanol–water partition coefficient (Wildman–Crippen LogP) is 2.44. The van der Waals surface area contributed by atoms with Gasteiger partial charge in [-0.05, 0) is 18.8 Å². The van der Waals surface area contributed by atoms with E-state index in [0.717, 1.165) is 25.0 Å². The number of carboxylic acid groups (broad SMARTS) is 1. The highest BCUT2D eigenvalue weighted by atomic mass is 16.6. The smallest absolute Gasteiger partial charge is 0.338 e. The summed E-state index contributed by atoms with van der Waals surface area (Å²) in [6.07, 6.45) is 1.57. The van der Waals surface area contributed by atoms with Gasteiger partial charge in [-0.3, -0.25) is 20.2 Å². The average molecular weight is 309 g/mol. The highest BCUT2D eigenvalue weighted by Crippen LogP contribution is 2.38. The van der Waals surface area contributed by atoms with E-state index in [0.29, 0.717) is 19.0 Å². The lowest BCUT2D eigenvalue weighted by atomic mass is 9.97. The Morgan fingerprint density at radius 2 is 1.82 bits per heavy atom. The van der Waals surface area contributed by atoms with E-state index >= 15 is 0 Å². The van der Waals surface area contributed by atoms with Crippen molar-refractivity contribution in [3.05, 3.63) is 37.9 Å². The van der Waals surface area contributed by atoms with Crippen LogP contribution in [-0.4, -0.2) is 34.0 Å². The molecule has 0 aliphatic carbocycles. The predicted molar refractivity (Wildman–Crippen MR) is 77.3 cm³/mol. The molecule has 0 radical (unpaired) electrons. The first-order chi connectivity index (χ1) is 10.3. The van der Waals surface area contributed by atoms with Crippen LogP contribution in [0.3, 0.4) is 0 Å². The van der Waals surface area contributed by atoms with Crippen molar-refractivity contribution >= 4 is 23.0 Å². The number of carboxylic acids is 1. The number of aromatic carboxylic acids is 1. The van der Waals surface area contributed by atoms with Crippen molar-refractivity contribution in [2.75, 3.05) is 18.0 Å². The summed E-state index contributed by atoms with van der Waals surface area (Å²) in [7, 11) is 0. The molecule has 1 saturated heterocycles. The third-order valence-electron chi connectivity index (χ3n) is 3.81. The molecule has 2 rings (SSSR count). The summed E-state index contributed by atoms with van der Waals surface area (Å²) in [5.41, 5.74) is -1.59. The Bertz CT molecular complexity index is 602. The summed E-state index contributed by atoms with van der Waals surface area (Å²) >= 11 is 0. The topological polar surface area (TPSA) is 127 Å². The van der Waals surface area contributed by atoms with Crippen LogP contribution in [0.5, 0.6) is 0 Å². The van der Waals surface area contributed by atoms with E-state index in [1.165, 1.54) is 0 Å². The second kappa shape index (κ2) is 5.96. The lowest BCUT2D eigenvalue weighted by Crippen LogP contribution is -2.34. The number of rotatable bonds is 4. The molecule has 0 unspecified atom stereocenters. The highest BCUT2D eigenvalue weighted by molar-refractivity contribution is 5.98. The molecule has 9 heteroatoms. The molecule has 0 atom stereocenters. The second-order valence-corrected chi connectivity index (χ2v) is 5.35. The maximum absolute atomic E-state index is 11.4. The van der Waals surface area contributed by atoms with Crippen LogP contribution < -0.4 is 4.90 Å². The zero-order valence-electron chi connectivity index (χ0n) is 11.9. The van der Waals surface area contributed by atoms with Gasteiger partial charge in [0.1, 0.15) is 5.69 Å². The van der Waals surface area contributed by atoms with Gasteiger partial charge in [-0.1, -0.05) is 6.92 Å². The number of nitro groups is 2. The van der Waals surface area contributed by atoms with Crippen LogP contribution in [0.15, 0.2) is 12.1 Å². The largest absolute Gasteiger partial charge is 0.478 e. The van der Waals surface area contributed by atoms with E-state index in [1.54, 1.807) is 4.90 Å². The van der Waals surface area contributed by atoms with Crippen molar-refractivity contribution in [3.8, 4) is 0 Å². The number of nitro benzene ring substituents is 2. The average Bonchev–Trinajstić information content (AvgIpc) is 2.46. The Morgan fingerprint density at radius 1 is 1.23 bits per heavy atom. The third-order valence-corrected chi connectivity index (χ3v) is 3.81. The normalized spacial score (nSPS) is 15.6. The van der Waals surface area contributed by atoms with Crippen molar-refractivity contribution < 1.29 is 19.7 Å². The number of non-ortho nitro benzene ring substituents is 1. The molecule has 0 bridgehead atoms. The molecule has 1 aromatic carbocycles. The minimum Gasteiger partial charge on any atom is -0.478 e. The first kappa shape index (κ1) is 15.7. The molecule has 0 spiro atoms. The number of piperidine rings is 1. The molecule has 0 amide bonds. The number of hydrogen-bond donors (Lipinski definition) is 1. The molecular formula is C13H15N3O6. The summed E-state index contributed by atoms with van der Waals surface area (Å²) < 4.78 is 0. The summed E-state index contributed by atoms with van der Waals surface area (Å²) in [4.78, 5) is 33.5. The minimum atomic E-state index is -1.42. The molecule has 1 heterocycles. The monoisotopic (exact) mass is 309 g/mol. The number of nitrogens with zero attached hydrogens (tertiary/aromatic N) is 3. The van der Waals surface area contributed by atoms with Crippen LogP contribution >= 0.6 is 0 Å². The van der Waals surface area contributed by atoms with Crippen molar-refractivity contribution in [3.63, 3.8) is 0 Å². The van der Waals surface area contributed by atoms with Gasteiger partial charge in [-0.25, -0.2) is 4.79 Å². The van der Waals surface area contributed by atoms with E-state index < -0.39 is 32.8 Å². The Kier molecular flexibility index (Phi) is 4.25. The fraction of sp³-hybridized carbons (Fsp3) is 0.462. The summed E-state index contributed by atoms with van der Waals surface area (Å²) in [5.74, 6) is -0.956. The first-order valence-corrected chi connectivity index (χ1v) is 6.76. The molecule has 1 fully saturated rings. The summed E-state index contributed by atoms with van der Waals surface area (Å²) in [6.45, 7) is 3.03. The van der Waals surface area contributed by atoms with E-state index in [2.05, 4.69) is 6.92 Å². The molecule has 1 aliphatic rings. The van der Waals surface area contributed by atoms with Gasteiger partial charge < -0.3 is 10.0 Å². The van der Waals surface area contributed by atoms with Gasteiger partial charge in [0.15, 0.2) is 0 Å². The van der Waals surface area contributed by atoms with Crippen molar-refractivity contribution in [1.29, 1.82) is 0 Å². The first-order valence-electron chi connectivity index (χ1n) is 6.76. The zero-order valence-corrected chi connectivity index (χ0v) is 11.9. The van der Waals surface area contributed by atoms with E-state index in [1.807, 2.05) is 0 Å². The highest BCUT2D eigenvalue weighted by Gasteiger charge is 2.32. The van der Waals surface area contributed by atoms with Gasteiger partial charge in [-0.2, -0.15) is 0 Å². The van der Waals surface area contributed by atoms with Crippen molar-refractivity contribution in [2.24, 2.45) is 5.92 Å². The molecule has 1 aliphatic heterocycles. The van der Waals surface area contributed by atoms with Crippen LogP contribution in [0.2, 0.25) is 0 Å². The van der Waals surface area contributed by atoms with E-state index in [9.17, 15) is 30.1 Å². The van der Waals surface area contributed by atoms with Crippen LogP contribution in [0.4, 0.5) is 17.1 Å². The van der Waals surface area contributed by atoms with Crippen molar-refractivity contribution in [1.82, 2.24) is 0 Å². The Labute approximate surface area is 125 Å². The molecule has 0 aromatic heterocycles. The van der Waals surface area contributed by atoms with Crippen LogP contribution in [0, 0.1) is 26.1 Å². The fourth-order valence-corrected chi connectivity index (χ4v) is 2.58. The molecular weight excluding hydrogens is 294 g/mol. The quantitative estimate of drug-likeness (QED) is 0.668. The van der Waals surface area contributed by atoms with Gasteiger partial charge in [0, 0.05) is 19.2 Å². The number of hydrogen-bond acceptors (Lipinski definition) is 6. The van der Waals surface area contributed by atoms with Gasteiger partial charge in [0.25, 0.3) is 11.4 Å². The molecule has 9 nitrogen and oxygen atoms in total. The molecule has 22 heavy (non-hydrogen) atoms.